The zero-order valence-electron chi connectivity index (χ0n) is 8.52. The van der Waals surface area contributed by atoms with Crippen molar-refractivity contribution >= 4 is 0 Å². The third kappa shape index (κ3) is 2.83. The first-order chi connectivity index (χ1) is 5.00. The molecule has 0 unspecified atom stereocenters. The first-order valence-electron chi connectivity index (χ1n) is 4.06. The Bertz CT molecular complexity index is 136. The van der Waals surface area contributed by atoms with Gasteiger partial charge in [0, 0.05) is 32.5 Å². The third-order valence-electron chi connectivity index (χ3n) is 1.79. The van der Waals surface area contributed by atoms with Gasteiger partial charge in [0.2, 0.25) is 0 Å². The summed E-state index contributed by atoms with van der Waals surface area (Å²) < 4.78 is 0. The summed E-state index contributed by atoms with van der Waals surface area (Å²) in [6, 6.07) is 0. The van der Waals surface area contributed by atoms with Gasteiger partial charge in [-0.1, -0.05) is 13.8 Å². The van der Waals surface area contributed by atoms with Crippen molar-refractivity contribution < 1.29 is 0 Å². The molecule has 66 valence electrons. The maximum Gasteiger partial charge on any atom is 0.0343 e. The molecule has 0 saturated carbocycles. The van der Waals surface area contributed by atoms with Crippen molar-refractivity contribution in [3.8, 4) is 0 Å². The fraction of sp³-hybridized carbons (Fsp3) is 0.778. The minimum atomic E-state index is 0.581. The number of nitrogens with one attached hydrogen (secondary N) is 1. The molecule has 0 aromatic carbocycles. The molecule has 0 radical (unpaired) electrons. The molecule has 1 N–H and O–H groups in total. The lowest BCUT2D eigenvalue weighted by molar-refractivity contribution is 0.434. The van der Waals surface area contributed by atoms with E-state index in [9.17, 15) is 0 Å². The summed E-state index contributed by atoms with van der Waals surface area (Å²) in [4.78, 5) is 2.16. The molecule has 0 rings (SSSR count). The number of nitrogens with zero attached hydrogens (tertiary/aromatic N) is 1. The van der Waals surface area contributed by atoms with E-state index >= 15 is 0 Å². The maximum absolute atomic E-state index is 3.17. The minimum Gasteiger partial charge on any atom is -0.390 e. The van der Waals surface area contributed by atoms with E-state index in [1.807, 2.05) is 7.05 Å². The highest BCUT2D eigenvalue weighted by Crippen LogP contribution is 2.14. The van der Waals surface area contributed by atoms with E-state index in [1.54, 1.807) is 0 Å². The Morgan fingerprint density at radius 1 is 1.27 bits per heavy atom. The highest BCUT2D eigenvalue weighted by Gasteiger charge is 2.07. The summed E-state index contributed by atoms with van der Waals surface area (Å²) in [7, 11) is 6.12. The Morgan fingerprint density at radius 3 is 1.82 bits per heavy atom. The minimum absolute atomic E-state index is 0.581. The van der Waals surface area contributed by atoms with Crippen LogP contribution >= 0.6 is 0 Å². The second-order valence-electron chi connectivity index (χ2n) is 3.31. The van der Waals surface area contributed by atoms with Crippen LogP contribution in [0.4, 0.5) is 0 Å². The van der Waals surface area contributed by atoms with Crippen LogP contribution in [-0.2, 0) is 0 Å². The molecule has 11 heavy (non-hydrogen) atoms. The fourth-order valence-corrected chi connectivity index (χ4v) is 1.41. The van der Waals surface area contributed by atoms with E-state index in [1.165, 1.54) is 11.4 Å². The molecule has 0 heterocycles. The van der Waals surface area contributed by atoms with E-state index in [2.05, 4.69) is 45.1 Å². The van der Waals surface area contributed by atoms with Gasteiger partial charge >= 0.3 is 0 Å². The number of rotatable bonds is 3. The van der Waals surface area contributed by atoms with Gasteiger partial charge in [-0.15, -0.1) is 0 Å². The van der Waals surface area contributed by atoms with Crippen molar-refractivity contribution in [2.45, 2.75) is 20.8 Å². The second-order valence-corrected chi connectivity index (χ2v) is 3.31. The zero-order valence-corrected chi connectivity index (χ0v) is 8.52. The van der Waals surface area contributed by atoms with Crippen molar-refractivity contribution in [2.24, 2.45) is 5.92 Å². The lowest BCUT2D eigenvalue weighted by Gasteiger charge is -2.23. The summed E-state index contributed by atoms with van der Waals surface area (Å²) in [6.07, 6.45) is 0. The molecule has 0 aliphatic carbocycles. The first-order valence-corrected chi connectivity index (χ1v) is 4.06. The molecule has 0 aliphatic heterocycles. The number of hydrogen-bond acceptors (Lipinski definition) is 2. The van der Waals surface area contributed by atoms with Gasteiger partial charge in [0.05, 0.1) is 0 Å². The first kappa shape index (κ1) is 10.3. The molecule has 2 heteroatoms. The van der Waals surface area contributed by atoms with E-state index in [0.29, 0.717) is 5.92 Å². The van der Waals surface area contributed by atoms with Crippen molar-refractivity contribution in [1.82, 2.24) is 10.2 Å². The van der Waals surface area contributed by atoms with Crippen LogP contribution in [0.25, 0.3) is 0 Å². The van der Waals surface area contributed by atoms with Crippen molar-refractivity contribution in [1.29, 1.82) is 0 Å². The molecular formula is C9H20N2. The molecule has 2 nitrogen and oxygen atoms in total. The Balaban J connectivity index is 4.58. The molecule has 0 bridgehead atoms. The lowest BCUT2D eigenvalue weighted by atomic mass is 10.1. The maximum atomic E-state index is 3.17. The van der Waals surface area contributed by atoms with Gasteiger partial charge in [-0.25, -0.2) is 0 Å². The van der Waals surface area contributed by atoms with Gasteiger partial charge in [-0.2, -0.15) is 0 Å². The summed E-state index contributed by atoms with van der Waals surface area (Å²) in [5, 5.41) is 3.17. The van der Waals surface area contributed by atoms with E-state index in [0.717, 1.165) is 0 Å². The van der Waals surface area contributed by atoms with Crippen LogP contribution in [0.15, 0.2) is 11.4 Å². The molecular weight excluding hydrogens is 136 g/mol. The average Bonchev–Trinajstić information content (AvgIpc) is 1.85. The van der Waals surface area contributed by atoms with Gasteiger partial charge in [-0.05, 0) is 12.8 Å². The number of hydrogen-bond donors (Lipinski definition) is 1. The van der Waals surface area contributed by atoms with Gasteiger partial charge in [0.25, 0.3) is 0 Å². The molecule has 0 saturated heterocycles. The van der Waals surface area contributed by atoms with Gasteiger partial charge in [0.15, 0.2) is 0 Å². The summed E-state index contributed by atoms with van der Waals surface area (Å²) in [5.41, 5.74) is 2.62. The molecule has 0 atom stereocenters. The smallest absolute Gasteiger partial charge is 0.0343 e. The van der Waals surface area contributed by atoms with Gasteiger partial charge in [0.1, 0.15) is 0 Å². The predicted octanol–water partition coefficient (Wildman–Crippen LogP) is 1.65. The van der Waals surface area contributed by atoms with Crippen LogP contribution in [0.1, 0.15) is 20.8 Å². The monoisotopic (exact) mass is 156 g/mol. The van der Waals surface area contributed by atoms with E-state index in [4.69, 9.17) is 0 Å². The van der Waals surface area contributed by atoms with Gasteiger partial charge < -0.3 is 10.2 Å². The Morgan fingerprint density at radius 2 is 1.73 bits per heavy atom. The van der Waals surface area contributed by atoms with Crippen molar-refractivity contribution in [3.63, 3.8) is 0 Å². The molecule has 0 spiro atoms. The summed E-state index contributed by atoms with van der Waals surface area (Å²) in [5.74, 6) is 0.581. The van der Waals surface area contributed by atoms with Crippen LogP contribution < -0.4 is 5.32 Å². The van der Waals surface area contributed by atoms with Crippen molar-refractivity contribution in [2.75, 3.05) is 21.1 Å². The third-order valence-corrected chi connectivity index (χ3v) is 1.79. The Hall–Kier alpha value is -0.660. The molecule has 0 amide bonds. The molecule has 0 fully saturated rings. The van der Waals surface area contributed by atoms with E-state index < -0.39 is 0 Å². The Kier molecular flexibility index (Phi) is 4.01. The quantitative estimate of drug-likeness (QED) is 0.668. The highest BCUT2D eigenvalue weighted by molar-refractivity contribution is 5.10. The molecule has 0 aromatic rings. The summed E-state index contributed by atoms with van der Waals surface area (Å²) in [6.45, 7) is 6.52. The standard InChI is InChI=1S/C9H20N2/c1-7(2)9(11(5)6)8(3)10-4/h7,10H,1-6H3/b9-8-. The molecule has 0 aromatic heterocycles. The van der Waals surface area contributed by atoms with Crippen LogP contribution in [0.2, 0.25) is 0 Å². The van der Waals surface area contributed by atoms with Crippen LogP contribution in [-0.4, -0.2) is 26.0 Å². The largest absolute Gasteiger partial charge is 0.390 e. The lowest BCUT2D eigenvalue weighted by Crippen LogP contribution is -2.21. The van der Waals surface area contributed by atoms with Crippen LogP contribution in [0.5, 0.6) is 0 Å². The topological polar surface area (TPSA) is 15.3 Å². The zero-order chi connectivity index (χ0) is 9.02. The average molecular weight is 156 g/mol. The van der Waals surface area contributed by atoms with Gasteiger partial charge in [-0.3, -0.25) is 0 Å². The van der Waals surface area contributed by atoms with Crippen LogP contribution in [0.3, 0.4) is 0 Å². The second kappa shape index (κ2) is 4.27. The SMILES string of the molecule is CN/C(C)=C(/C(C)C)N(C)C. The normalized spacial score (nSPS) is 13.0. The Labute approximate surface area is 70.3 Å². The molecule has 0 aliphatic rings. The number of allylic oxidation sites excluding steroid dienone is 2. The van der Waals surface area contributed by atoms with E-state index in [-0.39, 0.29) is 0 Å². The fourth-order valence-electron chi connectivity index (χ4n) is 1.41. The summed E-state index contributed by atoms with van der Waals surface area (Å²) >= 11 is 0. The highest BCUT2D eigenvalue weighted by atomic mass is 15.1. The predicted molar refractivity (Wildman–Crippen MR) is 50.3 cm³/mol. The van der Waals surface area contributed by atoms with Crippen LogP contribution in [0, 0.1) is 5.92 Å². The van der Waals surface area contributed by atoms with Crippen molar-refractivity contribution in [3.05, 3.63) is 11.4 Å².